The molecule has 2 aromatic rings. The van der Waals surface area contributed by atoms with Gasteiger partial charge in [0.2, 0.25) is 0 Å². The lowest BCUT2D eigenvalue weighted by molar-refractivity contribution is 0.354. The predicted octanol–water partition coefficient (Wildman–Crippen LogP) is 1.50. The maximum atomic E-state index is 5.34. The number of fused-ring (bicyclic) bond motifs is 1. The minimum Gasteiger partial charge on any atom is -0.493 e. The van der Waals surface area contributed by atoms with Gasteiger partial charge in [-0.15, -0.1) is 10.2 Å². The topological polar surface area (TPSA) is 85.6 Å². The lowest BCUT2D eigenvalue weighted by Crippen LogP contribution is -2.37. The molecular weight excluding hydrogens is 332 g/mol. The predicted molar refractivity (Wildman–Crippen MR) is 99.5 cm³/mol. The molecule has 1 aliphatic heterocycles. The average molecular weight is 358 g/mol. The molecule has 0 radical (unpaired) electrons. The molecule has 26 heavy (non-hydrogen) atoms. The zero-order chi connectivity index (χ0) is 18.4. The largest absolute Gasteiger partial charge is 0.493 e. The van der Waals surface area contributed by atoms with Gasteiger partial charge in [0.15, 0.2) is 23.3 Å². The lowest BCUT2D eigenvalue weighted by Gasteiger charge is -2.16. The summed E-state index contributed by atoms with van der Waals surface area (Å²) in [4.78, 5) is 4.27. The number of ether oxygens (including phenoxy) is 2. The summed E-state index contributed by atoms with van der Waals surface area (Å²) in [5, 5.41) is 15.2. The number of guanidine groups is 1. The van der Waals surface area contributed by atoms with Crippen molar-refractivity contribution >= 4 is 5.96 Å². The lowest BCUT2D eigenvalue weighted by atomic mass is 10.2. The molecule has 8 heteroatoms. The summed E-state index contributed by atoms with van der Waals surface area (Å²) in [6.07, 6.45) is 3.39. The minimum absolute atomic E-state index is 0.596. The molecule has 140 valence electrons. The number of aromatic nitrogens is 3. The number of hydrogen-bond donors (Lipinski definition) is 2. The van der Waals surface area contributed by atoms with Crippen LogP contribution in [-0.4, -0.2) is 42.0 Å². The Bertz CT molecular complexity index is 771. The number of aliphatic imine (C=N–C) groups is 1. The summed E-state index contributed by atoms with van der Waals surface area (Å²) in [5.41, 5.74) is 1.07. The number of methoxy groups -OCH3 is 2. The van der Waals surface area contributed by atoms with Crippen molar-refractivity contribution < 1.29 is 9.47 Å². The van der Waals surface area contributed by atoms with Gasteiger partial charge in [0.1, 0.15) is 5.82 Å². The molecule has 1 aromatic carbocycles. The van der Waals surface area contributed by atoms with Crippen molar-refractivity contribution in [2.45, 2.75) is 38.9 Å². The third-order valence-corrected chi connectivity index (χ3v) is 4.48. The molecule has 3 rings (SSSR count). The van der Waals surface area contributed by atoms with Crippen LogP contribution in [0.25, 0.3) is 0 Å². The van der Waals surface area contributed by atoms with Gasteiger partial charge < -0.3 is 24.7 Å². The molecule has 0 saturated heterocycles. The van der Waals surface area contributed by atoms with E-state index in [2.05, 4.69) is 30.4 Å². The van der Waals surface area contributed by atoms with Gasteiger partial charge in [-0.25, -0.2) is 0 Å². The van der Waals surface area contributed by atoms with E-state index in [9.17, 15) is 0 Å². The van der Waals surface area contributed by atoms with Gasteiger partial charge in [0.05, 0.1) is 20.8 Å². The van der Waals surface area contributed by atoms with Crippen LogP contribution >= 0.6 is 0 Å². The van der Waals surface area contributed by atoms with E-state index in [1.807, 2.05) is 18.2 Å². The van der Waals surface area contributed by atoms with Crippen LogP contribution in [0.5, 0.6) is 11.5 Å². The van der Waals surface area contributed by atoms with E-state index in [0.717, 1.165) is 35.9 Å². The van der Waals surface area contributed by atoms with E-state index in [1.165, 1.54) is 12.8 Å². The number of hydrogen-bond acceptors (Lipinski definition) is 5. The van der Waals surface area contributed by atoms with Gasteiger partial charge >= 0.3 is 0 Å². The Balaban J connectivity index is 1.56. The van der Waals surface area contributed by atoms with Crippen LogP contribution in [0, 0.1) is 0 Å². The first-order valence-electron chi connectivity index (χ1n) is 8.81. The quantitative estimate of drug-likeness (QED) is 0.601. The van der Waals surface area contributed by atoms with Crippen molar-refractivity contribution in [3.8, 4) is 11.5 Å². The van der Waals surface area contributed by atoms with Gasteiger partial charge in [-0.05, 0) is 30.5 Å². The molecule has 0 fully saturated rings. The minimum atomic E-state index is 0.596. The molecule has 1 aromatic heterocycles. The summed E-state index contributed by atoms with van der Waals surface area (Å²) in [5.74, 6) is 4.18. The van der Waals surface area contributed by atoms with Crippen molar-refractivity contribution in [2.24, 2.45) is 4.99 Å². The summed E-state index contributed by atoms with van der Waals surface area (Å²) in [6.45, 7) is 2.22. The van der Waals surface area contributed by atoms with E-state index in [0.29, 0.717) is 24.8 Å². The van der Waals surface area contributed by atoms with Crippen LogP contribution in [0.1, 0.15) is 30.1 Å². The van der Waals surface area contributed by atoms with Crippen molar-refractivity contribution in [3.63, 3.8) is 0 Å². The van der Waals surface area contributed by atoms with Crippen LogP contribution in [-0.2, 0) is 26.1 Å². The monoisotopic (exact) mass is 358 g/mol. The van der Waals surface area contributed by atoms with E-state index < -0.39 is 0 Å². The van der Waals surface area contributed by atoms with Crippen molar-refractivity contribution in [1.29, 1.82) is 0 Å². The molecule has 2 N–H and O–H groups in total. The van der Waals surface area contributed by atoms with Gasteiger partial charge in [0, 0.05) is 26.6 Å². The Kier molecular flexibility index (Phi) is 5.93. The molecule has 0 atom stereocenters. The van der Waals surface area contributed by atoms with Gasteiger partial charge in [-0.3, -0.25) is 4.99 Å². The van der Waals surface area contributed by atoms with Crippen LogP contribution in [0.4, 0.5) is 0 Å². The maximum Gasteiger partial charge on any atom is 0.191 e. The smallest absolute Gasteiger partial charge is 0.191 e. The number of benzene rings is 1. The fourth-order valence-corrected chi connectivity index (χ4v) is 3.06. The number of aryl methyl sites for hydroxylation is 1. The third-order valence-electron chi connectivity index (χ3n) is 4.48. The van der Waals surface area contributed by atoms with Crippen LogP contribution in [0.15, 0.2) is 23.2 Å². The number of nitrogens with one attached hydrogen (secondary N) is 2. The summed E-state index contributed by atoms with van der Waals surface area (Å²) >= 11 is 0. The summed E-state index contributed by atoms with van der Waals surface area (Å²) in [6, 6.07) is 5.85. The normalized spacial score (nSPS) is 13.9. The highest BCUT2D eigenvalue weighted by Gasteiger charge is 2.15. The molecule has 0 saturated carbocycles. The highest BCUT2D eigenvalue weighted by atomic mass is 16.5. The first-order chi connectivity index (χ1) is 12.7. The van der Waals surface area contributed by atoms with Gasteiger partial charge in [-0.2, -0.15) is 0 Å². The van der Waals surface area contributed by atoms with Crippen molar-refractivity contribution in [1.82, 2.24) is 25.4 Å². The SMILES string of the molecule is CN=C(NCc1ccc(OC)c(OC)c1)NCc1nnc2n1CCCC2. The van der Waals surface area contributed by atoms with Crippen LogP contribution in [0.3, 0.4) is 0 Å². The summed E-state index contributed by atoms with van der Waals surface area (Å²) in [7, 11) is 5.02. The van der Waals surface area contributed by atoms with Gasteiger partial charge in [0.25, 0.3) is 0 Å². The van der Waals surface area contributed by atoms with Crippen LogP contribution in [0.2, 0.25) is 0 Å². The van der Waals surface area contributed by atoms with E-state index in [4.69, 9.17) is 9.47 Å². The zero-order valence-corrected chi connectivity index (χ0v) is 15.6. The molecule has 0 amide bonds. The third kappa shape index (κ3) is 4.07. The fraction of sp³-hybridized carbons (Fsp3) is 0.500. The standard InChI is InChI=1S/C18H26N6O2/c1-19-18(20-11-13-7-8-14(25-2)15(10-13)26-3)21-12-17-23-22-16-6-4-5-9-24(16)17/h7-8,10H,4-6,9,11-12H2,1-3H3,(H2,19,20,21). The van der Waals surface area contributed by atoms with E-state index in [1.54, 1.807) is 21.3 Å². The molecule has 0 unspecified atom stereocenters. The Morgan fingerprint density at radius 2 is 1.92 bits per heavy atom. The molecule has 8 nitrogen and oxygen atoms in total. The van der Waals surface area contributed by atoms with Gasteiger partial charge in [-0.1, -0.05) is 6.07 Å². The van der Waals surface area contributed by atoms with Crippen molar-refractivity contribution in [3.05, 3.63) is 35.4 Å². The first kappa shape index (κ1) is 18.0. The van der Waals surface area contributed by atoms with E-state index >= 15 is 0 Å². The number of nitrogens with zero attached hydrogens (tertiary/aromatic N) is 4. The molecule has 1 aliphatic rings. The Morgan fingerprint density at radius 1 is 1.12 bits per heavy atom. The summed E-state index contributed by atoms with van der Waals surface area (Å²) < 4.78 is 12.8. The highest BCUT2D eigenvalue weighted by Crippen LogP contribution is 2.27. The second kappa shape index (κ2) is 8.55. The van der Waals surface area contributed by atoms with Crippen molar-refractivity contribution in [2.75, 3.05) is 21.3 Å². The van der Waals surface area contributed by atoms with Crippen LogP contribution < -0.4 is 20.1 Å². The highest BCUT2D eigenvalue weighted by molar-refractivity contribution is 5.79. The Labute approximate surface area is 153 Å². The zero-order valence-electron chi connectivity index (χ0n) is 15.6. The fourth-order valence-electron chi connectivity index (χ4n) is 3.06. The average Bonchev–Trinajstić information content (AvgIpc) is 3.11. The maximum absolute atomic E-state index is 5.34. The first-order valence-corrected chi connectivity index (χ1v) is 8.81. The molecule has 0 aliphatic carbocycles. The van der Waals surface area contributed by atoms with E-state index in [-0.39, 0.29) is 0 Å². The molecule has 0 spiro atoms. The second-order valence-corrected chi connectivity index (χ2v) is 6.11. The second-order valence-electron chi connectivity index (χ2n) is 6.11. The molecule has 2 heterocycles. The molecule has 0 bridgehead atoms. The Hall–Kier alpha value is -2.77. The number of rotatable bonds is 6. The molecular formula is C18H26N6O2. The Morgan fingerprint density at radius 3 is 2.69 bits per heavy atom.